The van der Waals surface area contributed by atoms with Crippen molar-refractivity contribution >= 4 is 34.0 Å². The van der Waals surface area contributed by atoms with E-state index in [4.69, 9.17) is 21.1 Å². The van der Waals surface area contributed by atoms with Crippen LogP contribution >= 0.6 is 11.6 Å². The van der Waals surface area contributed by atoms with Crippen molar-refractivity contribution < 1.29 is 9.47 Å². The summed E-state index contributed by atoms with van der Waals surface area (Å²) in [6.45, 7) is 0.609. The minimum Gasteiger partial charge on any atom is -0.454 e. The second-order valence-electron chi connectivity index (χ2n) is 6.56. The highest BCUT2D eigenvalue weighted by Crippen LogP contribution is 2.33. The van der Waals surface area contributed by atoms with Gasteiger partial charge in [0, 0.05) is 36.4 Å². The Labute approximate surface area is 185 Å². The summed E-state index contributed by atoms with van der Waals surface area (Å²) < 4.78 is 10.8. The SMILES string of the molecule is COCCC#Cc1ccc2ncnc(Nc3ccc(Oc4cccnc4)c(Cl)c3)c2c1. The maximum absolute atomic E-state index is 6.43. The molecule has 0 saturated heterocycles. The van der Waals surface area contributed by atoms with Crippen LogP contribution in [0.5, 0.6) is 11.5 Å². The molecule has 0 spiro atoms. The number of hydrogen-bond donors (Lipinski definition) is 1. The molecule has 2 aromatic carbocycles. The molecule has 0 fully saturated rings. The molecule has 0 aliphatic rings. The second-order valence-corrected chi connectivity index (χ2v) is 6.97. The summed E-state index contributed by atoms with van der Waals surface area (Å²) in [4.78, 5) is 12.8. The number of anilines is 2. The molecule has 1 N–H and O–H groups in total. The van der Waals surface area contributed by atoms with Crippen molar-refractivity contribution in [3.05, 3.63) is 77.8 Å². The second kappa shape index (κ2) is 9.90. The summed E-state index contributed by atoms with van der Waals surface area (Å²) >= 11 is 6.43. The van der Waals surface area contributed by atoms with Crippen LogP contribution in [0.2, 0.25) is 5.02 Å². The number of fused-ring (bicyclic) bond motifs is 1. The first-order valence-corrected chi connectivity index (χ1v) is 9.98. The van der Waals surface area contributed by atoms with Crippen molar-refractivity contribution in [2.24, 2.45) is 0 Å². The molecule has 31 heavy (non-hydrogen) atoms. The maximum Gasteiger partial charge on any atom is 0.146 e. The van der Waals surface area contributed by atoms with Crippen LogP contribution in [0, 0.1) is 11.8 Å². The Balaban J connectivity index is 1.57. The van der Waals surface area contributed by atoms with Crippen molar-refractivity contribution in [1.29, 1.82) is 0 Å². The number of ether oxygens (including phenoxy) is 2. The van der Waals surface area contributed by atoms with E-state index in [1.807, 2.05) is 30.3 Å². The van der Waals surface area contributed by atoms with Crippen molar-refractivity contribution in [3.63, 3.8) is 0 Å². The largest absolute Gasteiger partial charge is 0.454 e. The lowest BCUT2D eigenvalue weighted by Gasteiger charge is -2.11. The highest BCUT2D eigenvalue weighted by molar-refractivity contribution is 6.32. The number of benzene rings is 2. The first kappa shape index (κ1) is 20.6. The molecule has 6 nitrogen and oxygen atoms in total. The first-order valence-electron chi connectivity index (χ1n) is 9.60. The van der Waals surface area contributed by atoms with Crippen LogP contribution in [0.3, 0.4) is 0 Å². The van der Waals surface area contributed by atoms with Crippen molar-refractivity contribution in [1.82, 2.24) is 15.0 Å². The van der Waals surface area contributed by atoms with Gasteiger partial charge in [-0.25, -0.2) is 9.97 Å². The number of halogens is 1. The zero-order chi connectivity index (χ0) is 21.5. The van der Waals surface area contributed by atoms with Crippen LogP contribution < -0.4 is 10.1 Å². The average molecular weight is 431 g/mol. The predicted octanol–water partition coefficient (Wildman–Crippen LogP) is 5.60. The van der Waals surface area contributed by atoms with Gasteiger partial charge in [0.05, 0.1) is 23.3 Å². The van der Waals surface area contributed by atoms with Gasteiger partial charge in [-0.05, 0) is 48.5 Å². The van der Waals surface area contributed by atoms with Gasteiger partial charge in [0.2, 0.25) is 0 Å². The highest BCUT2D eigenvalue weighted by Gasteiger charge is 2.08. The van der Waals surface area contributed by atoms with E-state index in [-0.39, 0.29) is 0 Å². The Kier molecular flexibility index (Phi) is 6.58. The standard InChI is InChI=1S/C24H19ClN4O2/c1-30-12-3-2-5-17-7-9-22-20(13-17)24(28-16-27-22)29-18-8-10-23(21(25)14-18)31-19-6-4-11-26-15-19/h4,6-11,13-16H,3,12H2,1H3,(H,27,28,29). The van der Waals surface area contributed by atoms with E-state index in [0.717, 1.165) is 22.2 Å². The van der Waals surface area contributed by atoms with Crippen molar-refractivity contribution in [2.75, 3.05) is 19.0 Å². The lowest BCUT2D eigenvalue weighted by Crippen LogP contribution is -1.97. The molecule has 4 rings (SSSR count). The molecule has 4 aromatic rings. The zero-order valence-electron chi connectivity index (χ0n) is 16.8. The van der Waals surface area contributed by atoms with Crippen LogP contribution in [-0.2, 0) is 4.74 Å². The fraction of sp³-hybridized carbons (Fsp3) is 0.125. The molecule has 154 valence electrons. The van der Waals surface area contributed by atoms with Crippen LogP contribution in [0.1, 0.15) is 12.0 Å². The van der Waals surface area contributed by atoms with Gasteiger partial charge in [-0.3, -0.25) is 4.98 Å². The summed E-state index contributed by atoms with van der Waals surface area (Å²) in [7, 11) is 1.66. The number of hydrogen-bond acceptors (Lipinski definition) is 6. The predicted molar refractivity (Wildman–Crippen MR) is 122 cm³/mol. The fourth-order valence-corrected chi connectivity index (χ4v) is 3.10. The van der Waals surface area contributed by atoms with Gasteiger partial charge in [0.1, 0.15) is 23.6 Å². The Morgan fingerprint density at radius 1 is 1.10 bits per heavy atom. The fourth-order valence-electron chi connectivity index (χ4n) is 2.88. The maximum atomic E-state index is 6.43. The number of nitrogens with one attached hydrogen (secondary N) is 1. The van der Waals surface area contributed by atoms with Gasteiger partial charge >= 0.3 is 0 Å². The van der Waals surface area contributed by atoms with Crippen molar-refractivity contribution in [2.45, 2.75) is 6.42 Å². The van der Waals surface area contributed by atoms with Gasteiger partial charge in [-0.1, -0.05) is 23.4 Å². The summed E-state index contributed by atoms with van der Waals surface area (Å²) in [5.74, 6) is 8.07. The molecule has 0 aliphatic heterocycles. The van der Waals surface area contributed by atoms with E-state index in [1.165, 1.54) is 6.33 Å². The molecule has 0 atom stereocenters. The Bertz CT molecular complexity index is 1250. The van der Waals surface area contributed by atoms with Crippen LogP contribution in [-0.4, -0.2) is 28.7 Å². The Hall–Kier alpha value is -3.66. The van der Waals surface area contributed by atoms with Crippen molar-refractivity contribution in [3.8, 4) is 23.3 Å². The van der Waals surface area contributed by atoms with Gasteiger partial charge in [0.25, 0.3) is 0 Å². The molecular formula is C24H19ClN4O2. The molecule has 0 radical (unpaired) electrons. The Morgan fingerprint density at radius 3 is 2.84 bits per heavy atom. The van der Waals surface area contributed by atoms with E-state index in [0.29, 0.717) is 35.4 Å². The van der Waals surface area contributed by atoms with E-state index in [2.05, 4.69) is 32.1 Å². The van der Waals surface area contributed by atoms with E-state index in [1.54, 1.807) is 37.7 Å². The van der Waals surface area contributed by atoms with E-state index >= 15 is 0 Å². The first-order chi connectivity index (χ1) is 15.2. The molecule has 0 unspecified atom stereocenters. The smallest absolute Gasteiger partial charge is 0.146 e. The lowest BCUT2D eigenvalue weighted by molar-refractivity contribution is 0.206. The molecule has 7 heteroatoms. The third-order valence-corrected chi connectivity index (χ3v) is 4.65. The number of rotatable bonds is 6. The van der Waals surface area contributed by atoms with Crippen LogP contribution in [0.4, 0.5) is 11.5 Å². The summed E-state index contributed by atoms with van der Waals surface area (Å²) in [6.07, 6.45) is 5.52. The lowest BCUT2D eigenvalue weighted by atomic mass is 10.1. The molecule has 0 bridgehead atoms. The quantitative estimate of drug-likeness (QED) is 0.317. The number of nitrogens with zero attached hydrogens (tertiary/aromatic N) is 3. The van der Waals surface area contributed by atoms with Crippen LogP contribution in [0.15, 0.2) is 67.3 Å². The molecule has 0 saturated carbocycles. The molecule has 0 amide bonds. The van der Waals surface area contributed by atoms with E-state index < -0.39 is 0 Å². The summed E-state index contributed by atoms with van der Waals surface area (Å²) in [5.41, 5.74) is 2.49. The minimum absolute atomic E-state index is 0.469. The van der Waals surface area contributed by atoms with E-state index in [9.17, 15) is 0 Å². The van der Waals surface area contributed by atoms with Gasteiger partial charge in [0.15, 0.2) is 0 Å². The monoisotopic (exact) mass is 430 g/mol. The highest BCUT2D eigenvalue weighted by atomic mass is 35.5. The number of aromatic nitrogens is 3. The molecule has 2 aromatic heterocycles. The topological polar surface area (TPSA) is 69.2 Å². The number of pyridine rings is 1. The third-order valence-electron chi connectivity index (χ3n) is 4.36. The molecule has 2 heterocycles. The Morgan fingerprint density at radius 2 is 2.03 bits per heavy atom. The number of methoxy groups -OCH3 is 1. The summed E-state index contributed by atoms with van der Waals surface area (Å²) in [6, 6.07) is 14.9. The van der Waals surface area contributed by atoms with Gasteiger partial charge in [-0.15, -0.1) is 0 Å². The zero-order valence-corrected chi connectivity index (χ0v) is 17.6. The summed E-state index contributed by atoms with van der Waals surface area (Å²) in [5, 5.41) is 4.65. The van der Waals surface area contributed by atoms with Crippen LogP contribution in [0.25, 0.3) is 10.9 Å². The molecule has 0 aliphatic carbocycles. The normalized spacial score (nSPS) is 10.4. The third kappa shape index (κ3) is 5.28. The molecular weight excluding hydrogens is 412 g/mol. The van der Waals surface area contributed by atoms with Gasteiger partial charge in [-0.2, -0.15) is 0 Å². The average Bonchev–Trinajstić information content (AvgIpc) is 2.80. The van der Waals surface area contributed by atoms with Gasteiger partial charge < -0.3 is 14.8 Å². The minimum atomic E-state index is 0.469.